The van der Waals surface area contributed by atoms with Gasteiger partial charge in [-0.15, -0.1) is 11.3 Å². The monoisotopic (exact) mass is 543 g/mol. The summed E-state index contributed by atoms with van der Waals surface area (Å²) in [4.78, 5) is 21.1. The Balaban J connectivity index is 1.69. The quantitative estimate of drug-likeness (QED) is 0.264. The lowest BCUT2D eigenvalue weighted by molar-refractivity contribution is -0.121. The molecule has 0 spiro atoms. The summed E-state index contributed by atoms with van der Waals surface area (Å²) >= 11 is 1.70. The van der Waals surface area contributed by atoms with Gasteiger partial charge in [0.1, 0.15) is 18.5 Å². The largest absolute Gasteiger partial charge is 0.490 e. The number of aromatic nitrogens is 2. The second-order valence-electron chi connectivity index (χ2n) is 9.36. The van der Waals surface area contributed by atoms with Crippen LogP contribution in [-0.4, -0.2) is 72.0 Å². The van der Waals surface area contributed by atoms with Gasteiger partial charge in [0.05, 0.1) is 4.88 Å². The first kappa shape index (κ1) is 29.8. The lowest BCUT2D eigenvalue weighted by atomic mass is 10.0. The van der Waals surface area contributed by atoms with Crippen molar-refractivity contribution in [2.45, 2.75) is 60.1 Å². The average molecular weight is 544 g/mol. The molecule has 208 valence electrons. The molecule has 0 aliphatic rings. The van der Waals surface area contributed by atoms with Gasteiger partial charge < -0.3 is 25.0 Å². The third kappa shape index (κ3) is 7.86. The van der Waals surface area contributed by atoms with Gasteiger partial charge in [-0.3, -0.25) is 9.69 Å². The molecular formula is C28H41N5O4S. The van der Waals surface area contributed by atoms with Gasteiger partial charge in [-0.1, -0.05) is 25.9 Å². The Morgan fingerprint density at radius 3 is 2.63 bits per heavy atom. The molecule has 3 aromatic rings. The lowest BCUT2D eigenvalue weighted by Crippen LogP contribution is -2.36. The van der Waals surface area contributed by atoms with Gasteiger partial charge in [-0.2, -0.15) is 4.98 Å². The number of rotatable bonds is 15. The van der Waals surface area contributed by atoms with Crippen LogP contribution >= 0.6 is 11.3 Å². The molecule has 9 nitrogen and oxygen atoms in total. The minimum absolute atomic E-state index is 0.0827. The highest BCUT2D eigenvalue weighted by Crippen LogP contribution is 2.34. The smallest absolute Gasteiger partial charge is 0.268 e. The summed E-state index contributed by atoms with van der Waals surface area (Å²) in [5, 5.41) is 20.2. The number of benzene rings is 1. The molecule has 1 amide bonds. The van der Waals surface area contributed by atoms with Crippen LogP contribution in [0.3, 0.4) is 0 Å². The zero-order valence-corrected chi connectivity index (χ0v) is 24.2. The number of nitrogens with one attached hydrogen (secondary N) is 2. The van der Waals surface area contributed by atoms with Crippen molar-refractivity contribution in [2.24, 2.45) is 0 Å². The molecule has 1 atom stereocenters. The predicted octanol–water partition coefficient (Wildman–Crippen LogP) is 3.95. The number of amides is 1. The van der Waals surface area contributed by atoms with Crippen LogP contribution in [0.4, 0.5) is 0 Å². The van der Waals surface area contributed by atoms with Crippen LogP contribution < -0.4 is 15.4 Å². The number of ether oxygens (including phenoxy) is 1. The fourth-order valence-corrected chi connectivity index (χ4v) is 5.25. The molecule has 0 saturated carbocycles. The number of aliphatic hydroxyl groups excluding tert-OH is 1. The number of thiophene rings is 1. The highest BCUT2D eigenvalue weighted by Gasteiger charge is 2.18. The van der Waals surface area contributed by atoms with E-state index in [1.807, 2.05) is 19.1 Å². The van der Waals surface area contributed by atoms with Crippen molar-refractivity contribution in [1.82, 2.24) is 25.7 Å². The lowest BCUT2D eigenvalue weighted by Gasteiger charge is -2.17. The maximum Gasteiger partial charge on any atom is 0.268 e. The molecule has 2 heterocycles. The Morgan fingerprint density at radius 2 is 1.95 bits per heavy atom. The van der Waals surface area contributed by atoms with Gasteiger partial charge in [-0.05, 0) is 75.3 Å². The van der Waals surface area contributed by atoms with Crippen LogP contribution in [0.15, 0.2) is 22.7 Å². The van der Waals surface area contributed by atoms with E-state index in [1.54, 1.807) is 18.4 Å². The van der Waals surface area contributed by atoms with E-state index in [4.69, 9.17) is 14.2 Å². The Labute approximate surface area is 229 Å². The SMILES string of the molecule is CCc1cc(-c2noc(-c3cc(C)c(CN(CC)CC)s3)n2)cc(C)c1OC[C@@H](O)CNC(=O)CCNC. The van der Waals surface area contributed by atoms with E-state index in [0.717, 1.165) is 53.4 Å². The van der Waals surface area contributed by atoms with Gasteiger partial charge in [0.25, 0.3) is 5.89 Å². The van der Waals surface area contributed by atoms with E-state index < -0.39 is 6.10 Å². The molecule has 0 aliphatic heterocycles. The molecule has 0 radical (unpaired) electrons. The van der Waals surface area contributed by atoms with Crippen molar-refractivity contribution in [2.75, 3.05) is 39.8 Å². The van der Waals surface area contributed by atoms with Gasteiger partial charge >= 0.3 is 0 Å². The van der Waals surface area contributed by atoms with Crippen molar-refractivity contribution in [3.8, 4) is 27.9 Å². The maximum absolute atomic E-state index is 11.8. The highest BCUT2D eigenvalue weighted by molar-refractivity contribution is 7.15. The summed E-state index contributed by atoms with van der Waals surface area (Å²) in [6.07, 6.45) is 0.300. The Hall–Kier alpha value is -2.79. The van der Waals surface area contributed by atoms with Crippen LogP contribution in [0.1, 0.15) is 48.8 Å². The minimum Gasteiger partial charge on any atom is -0.490 e. The van der Waals surface area contributed by atoms with E-state index in [1.165, 1.54) is 10.4 Å². The molecule has 0 unspecified atom stereocenters. The second-order valence-corrected chi connectivity index (χ2v) is 10.5. The Morgan fingerprint density at radius 1 is 1.18 bits per heavy atom. The predicted molar refractivity (Wildman–Crippen MR) is 152 cm³/mol. The van der Waals surface area contributed by atoms with Crippen LogP contribution in [0.25, 0.3) is 22.2 Å². The average Bonchev–Trinajstić information content (AvgIpc) is 3.55. The summed E-state index contributed by atoms with van der Waals surface area (Å²) in [5.41, 5.74) is 4.01. The van der Waals surface area contributed by atoms with Gasteiger partial charge in [0.15, 0.2) is 0 Å². The number of carbonyl (C=O) groups is 1. The van der Waals surface area contributed by atoms with Gasteiger partial charge in [0.2, 0.25) is 11.7 Å². The maximum atomic E-state index is 11.8. The number of hydrogen-bond donors (Lipinski definition) is 3. The Bertz CT molecular complexity index is 1190. The molecule has 2 aromatic heterocycles. The molecule has 0 saturated heterocycles. The number of aryl methyl sites for hydroxylation is 3. The summed E-state index contributed by atoms with van der Waals surface area (Å²) < 4.78 is 11.6. The molecule has 0 aliphatic carbocycles. The van der Waals surface area contributed by atoms with Crippen LogP contribution in [-0.2, 0) is 17.8 Å². The number of nitrogens with zero attached hydrogens (tertiary/aromatic N) is 3. The molecule has 38 heavy (non-hydrogen) atoms. The van der Waals surface area contributed by atoms with E-state index in [0.29, 0.717) is 24.7 Å². The normalized spacial score (nSPS) is 12.2. The van der Waals surface area contributed by atoms with E-state index >= 15 is 0 Å². The first-order valence-corrected chi connectivity index (χ1v) is 14.1. The first-order valence-electron chi connectivity index (χ1n) is 13.3. The third-order valence-electron chi connectivity index (χ3n) is 6.47. The molecule has 10 heteroatoms. The van der Waals surface area contributed by atoms with E-state index in [-0.39, 0.29) is 19.1 Å². The third-order valence-corrected chi connectivity index (χ3v) is 7.68. The molecule has 0 fully saturated rings. The summed E-state index contributed by atoms with van der Waals surface area (Å²) in [6.45, 7) is 14.3. The summed E-state index contributed by atoms with van der Waals surface area (Å²) in [5.74, 6) is 1.68. The fourth-order valence-electron chi connectivity index (χ4n) is 4.12. The summed E-state index contributed by atoms with van der Waals surface area (Å²) in [7, 11) is 1.79. The number of carbonyl (C=O) groups excluding carboxylic acids is 1. The van der Waals surface area contributed by atoms with Crippen molar-refractivity contribution < 1.29 is 19.2 Å². The standard InChI is InChI=1S/C28H41N5O4S/c1-7-20-14-21(12-19(5)26(20)36-17-22(34)15-30-25(35)10-11-29-6)27-31-28(37-32-27)23-13-18(4)24(38-23)16-33(8-2)9-3/h12-14,22,29,34H,7-11,15-17H2,1-6H3,(H,30,35)/t22-/m0/s1. The van der Waals surface area contributed by atoms with Crippen molar-refractivity contribution in [1.29, 1.82) is 0 Å². The second kappa shape index (κ2) is 14.4. The minimum atomic E-state index is -0.807. The fraction of sp³-hybridized carbons (Fsp3) is 0.536. The van der Waals surface area contributed by atoms with E-state index in [2.05, 4.69) is 54.5 Å². The molecule has 3 rings (SSSR count). The number of hydrogen-bond acceptors (Lipinski definition) is 9. The molecule has 0 bridgehead atoms. The topological polar surface area (TPSA) is 113 Å². The van der Waals surface area contributed by atoms with Crippen molar-refractivity contribution >= 4 is 17.2 Å². The zero-order valence-electron chi connectivity index (χ0n) is 23.4. The van der Waals surface area contributed by atoms with Gasteiger partial charge in [0, 0.05) is 36.5 Å². The van der Waals surface area contributed by atoms with Gasteiger partial charge in [-0.25, -0.2) is 0 Å². The van der Waals surface area contributed by atoms with Crippen LogP contribution in [0.5, 0.6) is 5.75 Å². The summed E-state index contributed by atoms with van der Waals surface area (Å²) in [6, 6.07) is 6.10. The first-order chi connectivity index (χ1) is 18.3. The number of aliphatic hydroxyl groups is 1. The Kier molecular flexibility index (Phi) is 11.3. The van der Waals surface area contributed by atoms with Crippen LogP contribution in [0.2, 0.25) is 0 Å². The molecule has 3 N–H and O–H groups in total. The molecule has 1 aromatic carbocycles. The van der Waals surface area contributed by atoms with Crippen molar-refractivity contribution in [3.05, 3.63) is 39.8 Å². The highest BCUT2D eigenvalue weighted by atomic mass is 32.1. The zero-order chi connectivity index (χ0) is 27.7. The molecular weight excluding hydrogens is 502 g/mol. The van der Waals surface area contributed by atoms with Crippen molar-refractivity contribution in [3.63, 3.8) is 0 Å². The van der Waals surface area contributed by atoms with E-state index in [9.17, 15) is 9.90 Å². The van der Waals surface area contributed by atoms with Crippen LogP contribution in [0, 0.1) is 13.8 Å².